The van der Waals surface area contributed by atoms with Crippen LogP contribution in [0.2, 0.25) is 0 Å². The molecule has 1 aromatic rings. The highest BCUT2D eigenvalue weighted by molar-refractivity contribution is 7.89. The summed E-state index contributed by atoms with van der Waals surface area (Å²) in [6.45, 7) is 2.08. The molecule has 0 saturated carbocycles. The van der Waals surface area contributed by atoms with Gasteiger partial charge in [0.05, 0.1) is 42.8 Å². The molecule has 9 nitrogen and oxygen atoms in total. The van der Waals surface area contributed by atoms with Gasteiger partial charge in [-0.25, -0.2) is 22.0 Å². The first kappa shape index (κ1) is 22.0. The molecule has 11 heteroatoms. The van der Waals surface area contributed by atoms with Crippen LogP contribution in [0.1, 0.15) is 0 Å². The molecule has 0 aliphatic heterocycles. The van der Waals surface area contributed by atoms with E-state index >= 15 is 0 Å². The molecule has 144 valence electrons. The lowest BCUT2D eigenvalue weighted by molar-refractivity contribution is 0.0236. The second-order valence-electron chi connectivity index (χ2n) is 5.06. The van der Waals surface area contributed by atoms with Crippen LogP contribution >= 0.6 is 0 Å². The molecule has 0 unspecified atom stereocenters. The van der Waals surface area contributed by atoms with Crippen LogP contribution in [0.4, 0.5) is 0 Å². The van der Waals surface area contributed by atoms with Gasteiger partial charge in [0.25, 0.3) is 0 Å². The lowest BCUT2D eigenvalue weighted by atomic mass is 10.4. The molecule has 0 aliphatic carbocycles. The van der Waals surface area contributed by atoms with Crippen LogP contribution < -0.4 is 5.14 Å². The minimum absolute atomic E-state index is 0.0229. The summed E-state index contributed by atoms with van der Waals surface area (Å²) in [4.78, 5) is -0.170. The van der Waals surface area contributed by atoms with E-state index in [1.165, 1.54) is 19.2 Å². The Balaban J connectivity index is 2.47. The Hall–Kier alpha value is -1.08. The van der Waals surface area contributed by atoms with Crippen molar-refractivity contribution in [1.29, 1.82) is 0 Å². The van der Waals surface area contributed by atoms with Crippen LogP contribution in [-0.2, 0) is 34.3 Å². The first-order valence-electron chi connectivity index (χ1n) is 7.43. The molecule has 2 N–H and O–H groups in total. The SMILES string of the molecule is COCCOCCOCCN(C)S(=O)(=O)c1ccc(S(N)(=O)=O)cc1. The third kappa shape index (κ3) is 7.36. The Kier molecular flexibility index (Phi) is 8.93. The fourth-order valence-electron chi connectivity index (χ4n) is 1.76. The van der Waals surface area contributed by atoms with Crippen LogP contribution in [-0.4, -0.2) is 74.9 Å². The Morgan fingerprint density at radius 1 is 0.880 bits per heavy atom. The van der Waals surface area contributed by atoms with E-state index in [2.05, 4.69) is 0 Å². The van der Waals surface area contributed by atoms with Gasteiger partial charge in [0.1, 0.15) is 0 Å². The standard InChI is InChI=1S/C14H24N2O7S2/c1-16(7-8-22-11-12-23-10-9-21-2)25(19,20)14-5-3-13(4-6-14)24(15,17)18/h3-6H,7-12H2,1-2H3,(H2,15,17,18). The quantitative estimate of drug-likeness (QED) is 0.478. The lowest BCUT2D eigenvalue weighted by Crippen LogP contribution is -2.30. The summed E-state index contributed by atoms with van der Waals surface area (Å²) in [5, 5.41) is 4.99. The number of ether oxygens (including phenoxy) is 3. The molecule has 25 heavy (non-hydrogen) atoms. The van der Waals surface area contributed by atoms with Crippen LogP contribution in [0.25, 0.3) is 0 Å². The van der Waals surface area contributed by atoms with Gasteiger partial charge < -0.3 is 14.2 Å². The number of benzene rings is 1. The van der Waals surface area contributed by atoms with Gasteiger partial charge in [-0.15, -0.1) is 0 Å². The van der Waals surface area contributed by atoms with Crippen molar-refractivity contribution in [3.63, 3.8) is 0 Å². The Bertz CT molecular complexity index is 718. The number of nitrogens with two attached hydrogens (primary N) is 1. The molecule has 0 spiro atoms. The number of primary sulfonamides is 1. The molecule has 0 radical (unpaired) electrons. The number of hydrogen-bond donors (Lipinski definition) is 1. The second kappa shape index (κ2) is 10.2. The minimum Gasteiger partial charge on any atom is -0.382 e. The number of rotatable bonds is 12. The summed E-state index contributed by atoms with van der Waals surface area (Å²) in [6.07, 6.45) is 0. The maximum absolute atomic E-state index is 12.4. The summed E-state index contributed by atoms with van der Waals surface area (Å²) in [7, 11) is -4.60. The average molecular weight is 396 g/mol. The minimum atomic E-state index is -3.86. The fourth-order valence-corrected chi connectivity index (χ4v) is 3.43. The lowest BCUT2D eigenvalue weighted by Gasteiger charge is -2.17. The molecule has 0 fully saturated rings. The Labute approximate surface area is 148 Å². The van der Waals surface area contributed by atoms with E-state index in [1.54, 1.807) is 7.11 Å². The number of likely N-dealkylation sites (N-methyl/N-ethyl adjacent to an activating group) is 1. The van der Waals surface area contributed by atoms with Crippen molar-refractivity contribution in [2.45, 2.75) is 9.79 Å². The fraction of sp³-hybridized carbons (Fsp3) is 0.571. The highest BCUT2D eigenvalue weighted by atomic mass is 32.2. The van der Waals surface area contributed by atoms with Gasteiger partial charge in [0.2, 0.25) is 20.0 Å². The van der Waals surface area contributed by atoms with E-state index in [0.717, 1.165) is 16.4 Å². The third-order valence-electron chi connectivity index (χ3n) is 3.21. The summed E-state index contributed by atoms with van der Waals surface area (Å²) in [5.41, 5.74) is 0. The first-order chi connectivity index (χ1) is 11.7. The number of nitrogens with zero attached hydrogens (tertiary/aromatic N) is 1. The zero-order valence-electron chi connectivity index (χ0n) is 14.3. The highest BCUT2D eigenvalue weighted by Gasteiger charge is 2.21. The van der Waals surface area contributed by atoms with E-state index in [1.807, 2.05) is 0 Å². The Morgan fingerprint density at radius 3 is 1.88 bits per heavy atom. The molecule has 0 amide bonds. The van der Waals surface area contributed by atoms with E-state index in [0.29, 0.717) is 26.4 Å². The number of hydrogen-bond acceptors (Lipinski definition) is 7. The zero-order valence-corrected chi connectivity index (χ0v) is 15.9. The number of methoxy groups -OCH3 is 1. The third-order valence-corrected chi connectivity index (χ3v) is 6.02. The van der Waals surface area contributed by atoms with Crippen molar-refractivity contribution < 1.29 is 31.0 Å². The van der Waals surface area contributed by atoms with E-state index < -0.39 is 20.0 Å². The largest absolute Gasteiger partial charge is 0.382 e. The predicted octanol–water partition coefficient (Wildman–Crippen LogP) is -0.366. The van der Waals surface area contributed by atoms with Gasteiger partial charge in [-0.2, -0.15) is 4.31 Å². The van der Waals surface area contributed by atoms with E-state index in [9.17, 15) is 16.8 Å². The maximum atomic E-state index is 12.4. The topological polar surface area (TPSA) is 125 Å². The summed E-state index contributed by atoms with van der Waals surface area (Å²) >= 11 is 0. The molecular weight excluding hydrogens is 372 g/mol. The van der Waals surface area contributed by atoms with Crippen LogP contribution in [0.3, 0.4) is 0 Å². The molecule has 0 heterocycles. The van der Waals surface area contributed by atoms with E-state index in [4.69, 9.17) is 19.3 Å². The number of sulfonamides is 2. The summed E-state index contributed by atoms with van der Waals surface area (Å²) < 4.78 is 63.6. The molecule has 1 rings (SSSR count). The molecule has 1 aromatic carbocycles. The van der Waals surface area contributed by atoms with E-state index in [-0.39, 0.29) is 22.9 Å². The zero-order chi connectivity index (χ0) is 18.9. The summed E-state index contributed by atoms with van der Waals surface area (Å²) in [6, 6.07) is 4.72. The summed E-state index contributed by atoms with van der Waals surface area (Å²) in [5.74, 6) is 0. The van der Waals surface area contributed by atoms with Gasteiger partial charge in [0, 0.05) is 20.7 Å². The van der Waals surface area contributed by atoms with Crippen molar-refractivity contribution in [2.75, 3.05) is 53.7 Å². The van der Waals surface area contributed by atoms with Crippen molar-refractivity contribution in [2.24, 2.45) is 5.14 Å². The molecule has 0 aliphatic rings. The smallest absolute Gasteiger partial charge is 0.242 e. The van der Waals surface area contributed by atoms with Crippen LogP contribution in [0.15, 0.2) is 34.1 Å². The maximum Gasteiger partial charge on any atom is 0.242 e. The predicted molar refractivity (Wildman–Crippen MR) is 91.1 cm³/mol. The van der Waals surface area contributed by atoms with Crippen molar-refractivity contribution in [1.82, 2.24) is 4.31 Å². The van der Waals surface area contributed by atoms with Gasteiger partial charge in [0.15, 0.2) is 0 Å². The normalized spacial score (nSPS) is 12.6. The molecule has 0 saturated heterocycles. The first-order valence-corrected chi connectivity index (χ1v) is 10.4. The van der Waals surface area contributed by atoms with Gasteiger partial charge >= 0.3 is 0 Å². The molecule has 0 bridgehead atoms. The van der Waals surface area contributed by atoms with Gasteiger partial charge in [-0.05, 0) is 24.3 Å². The molecule has 0 aromatic heterocycles. The van der Waals surface area contributed by atoms with Crippen LogP contribution in [0, 0.1) is 0 Å². The average Bonchev–Trinajstić information content (AvgIpc) is 2.56. The van der Waals surface area contributed by atoms with Gasteiger partial charge in [-0.3, -0.25) is 0 Å². The Morgan fingerprint density at radius 2 is 1.36 bits per heavy atom. The monoisotopic (exact) mass is 396 g/mol. The second-order valence-corrected chi connectivity index (χ2v) is 8.67. The van der Waals surface area contributed by atoms with Crippen molar-refractivity contribution in [3.05, 3.63) is 24.3 Å². The van der Waals surface area contributed by atoms with Gasteiger partial charge in [-0.1, -0.05) is 0 Å². The molecule has 0 atom stereocenters. The highest BCUT2D eigenvalue weighted by Crippen LogP contribution is 2.16. The van der Waals surface area contributed by atoms with Crippen molar-refractivity contribution in [3.8, 4) is 0 Å². The van der Waals surface area contributed by atoms with Crippen LogP contribution in [0.5, 0.6) is 0 Å². The molecular formula is C14H24N2O7S2. The van der Waals surface area contributed by atoms with Crippen molar-refractivity contribution >= 4 is 20.0 Å².